The topological polar surface area (TPSA) is 51.0 Å². The molecule has 2 rings (SSSR count). The maximum Gasteiger partial charge on any atom is 0.416 e. The molecule has 114 valence electrons. The van der Waals surface area contributed by atoms with Crippen molar-refractivity contribution in [3.63, 3.8) is 0 Å². The Labute approximate surface area is 120 Å². The van der Waals surface area contributed by atoms with Gasteiger partial charge in [-0.2, -0.15) is 18.2 Å². The van der Waals surface area contributed by atoms with Crippen molar-refractivity contribution in [1.82, 2.24) is 15.5 Å². The quantitative estimate of drug-likeness (QED) is 0.915. The van der Waals surface area contributed by atoms with Crippen LogP contribution in [-0.4, -0.2) is 16.2 Å². The zero-order valence-electron chi connectivity index (χ0n) is 11.7. The highest BCUT2D eigenvalue weighted by atomic mass is 19.4. The first-order valence-corrected chi connectivity index (χ1v) is 6.63. The third kappa shape index (κ3) is 4.04. The molecule has 1 aromatic heterocycles. The minimum atomic E-state index is -4.39. The minimum Gasteiger partial charge on any atom is -0.338 e. The van der Waals surface area contributed by atoms with Gasteiger partial charge in [-0.1, -0.05) is 24.2 Å². The summed E-state index contributed by atoms with van der Waals surface area (Å²) in [4.78, 5) is 4.10. The van der Waals surface area contributed by atoms with Gasteiger partial charge in [-0.25, -0.2) is 0 Å². The van der Waals surface area contributed by atoms with Gasteiger partial charge in [0.15, 0.2) is 0 Å². The first-order valence-electron chi connectivity index (χ1n) is 6.63. The summed E-state index contributed by atoms with van der Waals surface area (Å²) in [5.74, 6) is 0.504. The van der Waals surface area contributed by atoms with Crippen LogP contribution in [0.4, 0.5) is 13.2 Å². The summed E-state index contributed by atoms with van der Waals surface area (Å²) in [5.41, 5.74) is -0.451. The van der Waals surface area contributed by atoms with E-state index < -0.39 is 11.7 Å². The van der Waals surface area contributed by atoms with Crippen LogP contribution in [-0.2, 0) is 12.7 Å². The number of hydrogen-bond donors (Lipinski definition) is 1. The van der Waals surface area contributed by atoms with Crippen molar-refractivity contribution in [2.75, 3.05) is 0 Å². The molecule has 0 aliphatic carbocycles. The molecule has 2 aromatic rings. The third-order valence-corrected chi connectivity index (χ3v) is 3.13. The number of benzene rings is 1. The van der Waals surface area contributed by atoms with Crippen molar-refractivity contribution in [3.8, 4) is 11.4 Å². The lowest BCUT2D eigenvalue weighted by Gasteiger charge is -2.07. The van der Waals surface area contributed by atoms with Crippen molar-refractivity contribution in [2.45, 2.75) is 39.0 Å². The van der Waals surface area contributed by atoms with E-state index in [0.717, 1.165) is 18.6 Å². The maximum absolute atomic E-state index is 12.7. The molecular formula is C14H16F3N3O. The molecule has 0 radical (unpaired) electrons. The van der Waals surface area contributed by atoms with Crippen LogP contribution in [0.2, 0.25) is 0 Å². The van der Waals surface area contributed by atoms with Gasteiger partial charge in [0.2, 0.25) is 11.7 Å². The molecule has 0 aliphatic rings. The molecule has 0 amide bonds. The minimum absolute atomic E-state index is 0.155. The zero-order chi connectivity index (χ0) is 15.5. The summed E-state index contributed by atoms with van der Waals surface area (Å²) in [7, 11) is 0. The Kier molecular flexibility index (Phi) is 4.62. The predicted molar refractivity (Wildman–Crippen MR) is 71.3 cm³/mol. The average Bonchev–Trinajstić information content (AvgIpc) is 2.93. The smallest absolute Gasteiger partial charge is 0.338 e. The number of hydrogen-bond acceptors (Lipinski definition) is 4. The van der Waals surface area contributed by atoms with E-state index in [1.165, 1.54) is 12.1 Å². The molecule has 21 heavy (non-hydrogen) atoms. The van der Waals surface area contributed by atoms with Crippen molar-refractivity contribution < 1.29 is 17.7 Å². The molecule has 0 spiro atoms. The standard InChI is InChI=1S/C14H16F3N3O/c1-3-9(2)18-8-12-19-13(20-21-12)10-5-4-6-11(7-10)14(15,16)17/h4-7,9,18H,3,8H2,1-2H3. The Balaban J connectivity index is 2.14. The van der Waals surface area contributed by atoms with Gasteiger partial charge in [0.25, 0.3) is 0 Å². The van der Waals surface area contributed by atoms with Crippen LogP contribution < -0.4 is 5.32 Å². The van der Waals surface area contributed by atoms with Crippen LogP contribution >= 0.6 is 0 Å². The molecule has 0 aliphatic heterocycles. The highest BCUT2D eigenvalue weighted by Crippen LogP contribution is 2.31. The Morgan fingerprint density at radius 2 is 2.10 bits per heavy atom. The largest absolute Gasteiger partial charge is 0.416 e. The van der Waals surface area contributed by atoms with E-state index >= 15 is 0 Å². The predicted octanol–water partition coefficient (Wildman–Crippen LogP) is 3.64. The number of rotatable bonds is 5. The molecule has 1 heterocycles. The average molecular weight is 299 g/mol. The van der Waals surface area contributed by atoms with E-state index in [0.29, 0.717) is 18.5 Å². The summed E-state index contributed by atoms with van der Waals surface area (Å²) < 4.78 is 43.0. The van der Waals surface area contributed by atoms with Crippen LogP contribution in [0.3, 0.4) is 0 Å². The van der Waals surface area contributed by atoms with E-state index in [2.05, 4.69) is 15.5 Å². The molecule has 0 saturated heterocycles. The van der Waals surface area contributed by atoms with Gasteiger partial charge >= 0.3 is 6.18 Å². The number of halogens is 3. The SMILES string of the molecule is CCC(C)NCc1nc(-c2cccc(C(F)(F)F)c2)no1. The molecule has 1 aromatic carbocycles. The fourth-order valence-corrected chi connectivity index (χ4v) is 1.68. The lowest BCUT2D eigenvalue weighted by Crippen LogP contribution is -2.24. The van der Waals surface area contributed by atoms with Crippen molar-refractivity contribution >= 4 is 0 Å². The molecule has 0 saturated carbocycles. The fourth-order valence-electron chi connectivity index (χ4n) is 1.68. The van der Waals surface area contributed by atoms with Gasteiger partial charge in [-0.05, 0) is 25.5 Å². The summed E-state index contributed by atoms with van der Waals surface area (Å²) in [6.07, 6.45) is -3.44. The van der Waals surface area contributed by atoms with Gasteiger partial charge in [-0.3, -0.25) is 0 Å². The van der Waals surface area contributed by atoms with E-state index in [9.17, 15) is 13.2 Å². The second-order valence-electron chi connectivity index (χ2n) is 4.78. The summed E-state index contributed by atoms with van der Waals surface area (Å²) in [5, 5.41) is 6.89. The monoisotopic (exact) mass is 299 g/mol. The number of nitrogens with zero attached hydrogens (tertiary/aromatic N) is 2. The zero-order valence-corrected chi connectivity index (χ0v) is 11.7. The molecule has 7 heteroatoms. The maximum atomic E-state index is 12.7. The van der Waals surface area contributed by atoms with E-state index in [1.54, 1.807) is 0 Å². The Morgan fingerprint density at radius 1 is 1.33 bits per heavy atom. The number of alkyl halides is 3. The van der Waals surface area contributed by atoms with Crippen LogP contribution in [0.25, 0.3) is 11.4 Å². The third-order valence-electron chi connectivity index (χ3n) is 3.13. The summed E-state index contributed by atoms with van der Waals surface area (Å²) >= 11 is 0. The van der Waals surface area contributed by atoms with Gasteiger partial charge in [-0.15, -0.1) is 0 Å². The molecule has 0 bridgehead atoms. The van der Waals surface area contributed by atoms with Crippen LogP contribution in [0.15, 0.2) is 28.8 Å². The molecule has 1 N–H and O–H groups in total. The Morgan fingerprint density at radius 3 is 2.76 bits per heavy atom. The second kappa shape index (κ2) is 6.26. The Bertz CT molecular complexity index is 595. The highest BCUT2D eigenvalue weighted by molar-refractivity contribution is 5.55. The first-order chi connectivity index (χ1) is 9.90. The molecule has 1 unspecified atom stereocenters. The lowest BCUT2D eigenvalue weighted by molar-refractivity contribution is -0.137. The molecular weight excluding hydrogens is 283 g/mol. The van der Waals surface area contributed by atoms with Crippen molar-refractivity contribution in [3.05, 3.63) is 35.7 Å². The van der Waals surface area contributed by atoms with Gasteiger partial charge in [0.1, 0.15) is 0 Å². The molecule has 0 fully saturated rings. The second-order valence-corrected chi connectivity index (χ2v) is 4.78. The normalized spacial score (nSPS) is 13.4. The van der Waals surface area contributed by atoms with Gasteiger partial charge in [0.05, 0.1) is 12.1 Å². The fraction of sp³-hybridized carbons (Fsp3) is 0.429. The highest BCUT2D eigenvalue weighted by Gasteiger charge is 2.30. The van der Waals surface area contributed by atoms with Crippen LogP contribution in [0, 0.1) is 0 Å². The number of aromatic nitrogens is 2. The lowest BCUT2D eigenvalue weighted by atomic mass is 10.1. The van der Waals surface area contributed by atoms with Gasteiger partial charge < -0.3 is 9.84 Å². The first kappa shape index (κ1) is 15.5. The van der Waals surface area contributed by atoms with Crippen molar-refractivity contribution in [1.29, 1.82) is 0 Å². The van der Waals surface area contributed by atoms with E-state index in [1.807, 2.05) is 13.8 Å². The Hall–Kier alpha value is -1.89. The van der Waals surface area contributed by atoms with Crippen LogP contribution in [0.1, 0.15) is 31.7 Å². The van der Waals surface area contributed by atoms with Crippen LogP contribution in [0.5, 0.6) is 0 Å². The summed E-state index contributed by atoms with van der Waals surface area (Å²) in [6, 6.07) is 5.16. The summed E-state index contributed by atoms with van der Waals surface area (Å²) in [6.45, 7) is 4.45. The number of nitrogens with one attached hydrogen (secondary N) is 1. The van der Waals surface area contributed by atoms with Crippen molar-refractivity contribution in [2.24, 2.45) is 0 Å². The van der Waals surface area contributed by atoms with E-state index in [-0.39, 0.29) is 11.4 Å². The molecule has 4 nitrogen and oxygen atoms in total. The van der Waals surface area contributed by atoms with Gasteiger partial charge in [0, 0.05) is 11.6 Å². The molecule has 1 atom stereocenters. The van der Waals surface area contributed by atoms with E-state index in [4.69, 9.17) is 4.52 Å².